The molecule has 174 valence electrons. The van der Waals surface area contributed by atoms with Crippen LogP contribution in [0.15, 0.2) is 87.5 Å². The quantitative estimate of drug-likeness (QED) is 0.397. The number of hydrogen-bond donors (Lipinski definition) is 3. The maximum atomic E-state index is 4.69. The van der Waals surface area contributed by atoms with E-state index in [2.05, 4.69) is 87.5 Å². The fraction of sp³-hybridized carbons (Fsp3) is 0.333. The summed E-state index contributed by atoms with van der Waals surface area (Å²) in [5.41, 5.74) is 3.87. The first-order chi connectivity index (χ1) is 16.1. The average molecular weight is 496 g/mol. The van der Waals surface area contributed by atoms with Gasteiger partial charge in [0, 0.05) is 73.6 Å². The molecule has 33 heavy (non-hydrogen) atoms. The third kappa shape index (κ3) is 7.28. The second-order valence-corrected chi connectivity index (χ2v) is 10.2. The molecule has 3 nitrogen and oxygen atoms in total. The van der Waals surface area contributed by atoms with Gasteiger partial charge in [0.1, 0.15) is 0 Å². The summed E-state index contributed by atoms with van der Waals surface area (Å²) in [7, 11) is 0. The smallest absolute Gasteiger partial charge is 0.0245 e. The summed E-state index contributed by atoms with van der Waals surface area (Å²) >= 11 is 14.1. The van der Waals surface area contributed by atoms with E-state index < -0.39 is 0 Å². The van der Waals surface area contributed by atoms with Crippen molar-refractivity contribution in [1.82, 2.24) is 14.7 Å². The molecule has 0 amide bonds. The molecule has 1 saturated heterocycles. The van der Waals surface area contributed by atoms with Gasteiger partial charge in [0.25, 0.3) is 0 Å². The van der Waals surface area contributed by atoms with Crippen molar-refractivity contribution >= 4 is 37.9 Å². The molecule has 1 aliphatic heterocycles. The molecule has 0 unspecified atom stereocenters. The van der Waals surface area contributed by atoms with E-state index in [-0.39, 0.29) is 0 Å². The van der Waals surface area contributed by atoms with E-state index in [1.165, 1.54) is 16.7 Å². The minimum absolute atomic E-state index is 0.924. The lowest BCUT2D eigenvalue weighted by molar-refractivity contribution is 0.208. The van der Waals surface area contributed by atoms with E-state index >= 15 is 0 Å². The van der Waals surface area contributed by atoms with Crippen molar-refractivity contribution in [3.63, 3.8) is 0 Å². The molecule has 0 aromatic heterocycles. The zero-order valence-electron chi connectivity index (χ0n) is 19.0. The Morgan fingerprint density at radius 1 is 0.424 bits per heavy atom. The zero-order valence-corrected chi connectivity index (χ0v) is 21.7. The van der Waals surface area contributed by atoms with Crippen LogP contribution in [0, 0.1) is 0 Å². The summed E-state index contributed by atoms with van der Waals surface area (Å²) in [6.07, 6.45) is 0. The Kier molecular flexibility index (Phi) is 9.24. The van der Waals surface area contributed by atoms with E-state index in [4.69, 9.17) is 37.9 Å². The van der Waals surface area contributed by atoms with Crippen LogP contribution in [0.3, 0.4) is 0 Å². The van der Waals surface area contributed by atoms with Gasteiger partial charge in [-0.05, 0) is 34.9 Å². The highest BCUT2D eigenvalue weighted by Gasteiger charge is 2.18. The SMILES string of the molecule is Sc1ccccc1CN1CCN(Cc2ccccc2S)CCN(Cc2ccccc2S)CC1. The lowest BCUT2D eigenvalue weighted by Gasteiger charge is -2.26. The summed E-state index contributed by atoms with van der Waals surface area (Å²) in [6, 6.07) is 25.3. The van der Waals surface area contributed by atoms with Gasteiger partial charge in [-0.15, -0.1) is 37.9 Å². The van der Waals surface area contributed by atoms with Crippen molar-refractivity contribution in [2.24, 2.45) is 0 Å². The van der Waals surface area contributed by atoms with Gasteiger partial charge in [0.15, 0.2) is 0 Å². The molecule has 1 fully saturated rings. The molecule has 4 rings (SSSR count). The Morgan fingerprint density at radius 3 is 0.909 bits per heavy atom. The number of benzene rings is 3. The van der Waals surface area contributed by atoms with Crippen molar-refractivity contribution < 1.29 is 0 Å². The Morgan fingerprint density at radius 2 is 0.667 bits per heavy atom. The Balaban J connectivity index is 1.51. The highest BCUT2D eigenvalue weighted by atomic mass is 32.1. The van der Waals surface area contributed by atoms with E-state index in [1.807, 2.05) is 0 Å². The monoisotopic (exact) mass is 495 g/mol. The molecule has 0 spiro atoms. The lowest BCUT2D eigenvalue weighted by atomic mass is 10.2. The van der Waals surface area contributed by atoms with Crippen LogP contribution in [-0.4, -0.2) is 54.0 Å². The molecule has 3 aromatic carbocycles. The summed E-state index contributed by atoms with van der Waals surface area (Å²) < 4.78 is 0. The van der Waals surface area contributed by atoms with E-state index in [9.17, 15) is 0 Å². The maximum absolute atomic E-state index is 4.69. The number of rotatable bonds is 6. The molecular formula is C27H33N3S3. The van der Waals surface area contributed by atoms with Gasteiger partial charge in [0.05, 0.1) is 0 Å². The van der Waals surface area contributed by atoms with Crippen molar-refractivity contribution in [2.75, 3.05) is 39.3 Å². The average Bonchev–Trinajstić information content (AvgIpc) is 2.90. The van der Waals surface area contributed by atoms with Gasteiger partial charge >= 0.3 is 0 Å². The van der Waals surface area contributed by atoms with Crippen molar-refractivity contribution in [2.45, 2.75) is 34.3 Å². The minimum Gasteiger partial charge on any atom is -0.297 e. The minimum atomic E-state index is 0.924. The second kappa shape index (κ2) is 12.3. The van der Waals surface area contributed by atoms with Gasteiger partial charge in [0.2, 0.25) is 0 Å². The summed E-state index contributed by atoms with van der Waals surface area (Å²) in [5.74, 6) is 0. The molecule has 0 radical (unpaired) electrons. The molecule has 0 aliphatic carbocycles. The molecule has 3 aromatic rings. The zero-order chi connectivity index (χ0) is 23.0. The van der Waals surface area contributed by atoms with Crippen LogP contribution in [0.4, 0.5) is 0 Å². The Bertz CT molecular complexity index is 898. The second-order valence-electron chi connectivity index (χ2n) is 8.71. The first-order valence-electron chi connectivity index (χ1n) is 11.6. The van der Waals surface area contributed by atoms with Crippen LogP contribution in [-0.2, 0) is 19.6 Å². The highest BCUT2D eigenvalue weighted by Crippen LogP contribution is 2.20. The van der Waals surface area contributed by atoms with Crippen LogP contribution in [0.25, 0.3) is 0 Å². The standard InChI is InChI=1S/C27H33N3S3/c31-25-10-4-1-7-22(25)19-28-13-15-29(20-23-8-2-5-11-26(23)32)17-18-30(16-14-28)21-24-9-3-6-12-27(24)33/h1-12,31-33H,13-21H2. The number of thiol groups is 3. The largest absolute Gasteiger partial charge is 0.297 e. The lowest BCUT2D eigenvalue weighted by Crippen LogP contribution is -2.35. The maximum Gasteiger partial charge on any atom is 0.0245 e. The predicted molar refractivity (Wildman–Crippen MR) is 147 cm³/mol. The third-order valence-corrected chi connectivity index (χ3v) is 7.66. The topological polar surface area (TPSA) is 9.72 Å². The van der Waals surface area contributed by atoms with Crippen LogP contribution < -0.4 is 0 Å². The third-order valence-electron chi connectivity index (χ3n) is 6.35. The highest BCUT2D eigenvalue weighted by molar-refractivity contribution is 7.80. The molecular weight excluding hydrogens is 463 g/mol. The molecule has 1 heterocycles. The normalized spacial score (nSPS) is 16.8. The Hall–Kier alpha value is -1.41. The molecule has 0 N–H and O–H groups in total. The molecule has 1 aliphatic rings. The van der Waals surface area contributed by atoms with Gasteiger partial charge in [-0.3, -0.25) is 14.7 Å². The van der Waals surface area contributed by atoms with Gasteiger partial charge in [-0.25, -0.2) is 0 Å². The predicted octanol–water partition coefficient (Wildman–Crippen LogP) is 5.37. The van der Waals surface area contributed by atoms with Gasteiger partial charge < -0.3 is 0 Å². The summed E-state index contributed by atoms with van der Waals surface area (Å²) in [6.45, 7) is 8.99. The first kappa shape index (κ1) is 24.7. The number of hydrogen-bond acceptors (Lipinski definition) is 6. The molecule has 6 heteroatoms. The molecule has 0 atom stereocenters. The van der Waals surface area contributed by atoms with Crippen molar-refractivity contribution in [3.05, 3.63) is 89.5 Å². The van der Waals surface area contributed by atoms with E-state index in [0.29, 0.717) is 0 Å². The summed E-state index contributed by atoms with van der Waals surface area (Å²) in [4.78, 5) is 10.9. The fourth-order valence-corrected chi connectivity index (χ4v) is 5.01. The van der Waals surface area contributed by atoms with Crippen LogP contribution in [0.1, 0.15) is 16.7 Å². The van der Waals surface area contributed by atoms with Crippen LogP contribution in [0.5, 0.6) is 0 Å². The van der Waals surface area contributed by atoms with Crippen LogP contribution in [0.2, 0.25) is 0 Å². The van der Waals surface area contributed by atoms with Crippen LogP contribution >= 0.6 is 37.9 Å². The van der Waals surface area contributed by atoms with E-state index in [0.717, 1.165) is 73.6 Å². The van der Waals surface area contributed by atoms with Gasteiger partial charge in [-0.1, -0.05) is 54.6 Å². The molecule has 0 saturated carbocycles. The van der Waals surface area contributed by atoms with E-state index in [1.54, 1.807) is 0 Å². The van der Waals surface area contributed by atoms with Crippen molar-refractivity contribution in [1.29, 1.82) is 0 Å². The van der Waals surface area contributed by atoms with Gasteiger partial charge in [-0.2, -0.15) is 0 Å². The van der Waals surface area contributed by atoms with Crippen molar-refractivity contribution in [3.8, 4) is 0 Å². The Labute approximate surface area is 215 Å². The first-order valence-corrected chi connectivity index (χ1v) is 12.9. The fourth-order valence-electron chi connectivity index (χ4n) is 4.31. The molecule has 0 bridgehead atoms. The summed E-state index contributed by atoms with van der Waals surface area (Å²) in [5, 5.41) is 0. The number of nitrogens with zero attached hydrogens (tertiary/aromatic N) is 3.